The maximum atomic E-state index is 14.3. The van der Waals surface area contributed by atoms with Crippen LogP contribution in [0.2, 0.25) is 0 Å². The van der Waals surface area contributed by atoms with Crippen LogP contribution in [-0.2, 0) is 32.0 Å². The lowest BCUT2D eigenvalue weighted by atomic mass is 9.99. The van der Waals surface area contributed by atoms with Crippen LogP contribution in [0.4, 0.5) is 0 Å². The van der Waals surface area contributed by atoms with Gasteiger partial charge in [-0.15, -0.1) is 11.3 Å². The molecule has 2 fully saturated rings. The highest BCUT2D eigenvalue weighted by molar-refractivity contribution is 7.09. The van der Waals surface area contributed by atoms with Crippen LogP contribution in [0.1, 0.15) is 49.5 Å². The van der Waals surface area contributed by atoms with Crippen LogP contribution in [0.25, 0.3) is 10.8 Å². The standard InChI is InChI=1S/C33H44N4O4S.C4H9N/c1-5-37(31(38)23-41-4)30(21-24-14-15-25-10-6-7-11-26(25)20-24)33(40)36(3)29(22-28-13-9-19-42-28)32(39)34-17-16-27-12-8-18-35(27)2;1-2-4-5-3-1/h6-7,9-11,13-15,19-20,27,29-30H,5,8,12,16-18,21-23H2,1-4H3,(H,34,39);5H,1-4H2/t27?,29?,30-;/m1./s1. The molecule has 0 spiro atoms. The smallest absolute Gasteiger partial charge is 0.249 e. The highest BCUT2D eigenvalue weighted by Gasteiger charge is 2.36. The third-order valence-electron chi connectivity index (χ3n) is 9.33. The molecule has 1 aromatic heterocycles. The fourth-order valence-corrected chi connectivity index (χ4v) is 7.30. The lowest BCUT2D eigenvalue weighted by Gasteiger charge is -2.36. The molecule has 2 aliphatic heterocycles. The Hall–Kier alpha value is -3.31. The van der Waals surface area contributed by atoms with Crippen LogP contribution in [0.15, 0.2) is 60.0 Å². The largest absolute Gasteiger partial charge is 0.375 e. The van der Waals surface area contributed by atoms with E-state index in [9.17, 15) is 14.4 Å². The Kier molecular flexibility index (Phi) is 14.7. The van der Waals surface area contributed by atoms with Crippen LogP contribution >= 0.6 is 11.3 Å². The molecule has 5 rings (SSSR count). The lowest BCUT2D eigenvalue weighted by molar-refractivity contribution is -0.149. The van der Waals surface area contributed by atoms with E-state index >= 15 is 0 Å². The molecule has 0 saturated carbocycles. The molecular formula is C37H53N5O4S. The SMILES string of the molecule is C1CCNC1.CCN(C(=O)COC)[C@H](Cc1ccc2ccccc2c1)C(=O)N(C)C(Cc1cccs1)C(=O)NCCC1CCCN1C. The number of hydrogen-bond donors (Lipinski definition) is 2. The summed E-state index contributed by atoms with van der Waals surface area (Å²) in [6, 6.07) is 17.1. The van der Waals surface area contributed by atoms with Gasteiger partial charge in [0.25, 0.3) is 0 Å². The molecule has 10 heteroatoms. The van der Waals surface area contributed by atoms with Crippen molar-refractivity contribution in [2.24, 2.45) is 0 Å². The number of thiophene rings is 1. The molecule has 256 valence electrons. The molecule has 3 heterocycles. The van der Waals surface area contributed by atoms with Gasteiger partial charge in [-0.2, -0.15) is 0 Å². The minimum Gasteiger partial charge on any atom is -0.375 e. The summed E-state index contributed by atoms with van der Waals surface area (Å²) in [5.41, 5.74) is 0.948. The Morgan fingerprint density at radius 3 is 2.40 bits per heavy atom. The number of likely N-dealkylation sites (tertiary alicyclic amines) is 1. The van der Waals surface area contributed by atoms with Crippen LogP contribution in [0.3, 0.4) is 0 Å². The molecule has 2 aliphatic rings. The van der Waals surface area contributed by atoms with Crippen molar-refractivity contribution < 1.29 is 19.1 Å². The number of ether oxygens (including phenoxy) is 1. The van der Waals surface area contributed by atoms with Gasteiger partial charge in [0.15, 0.2) is 0 Å². The topological polar surface area (TPSA) is 94.2 Å². The van der Waals surface area contributed by atoms with Gasteiger partial charge in [-0.05, 0) is 93.5 Å². The number of amides is 3. The van der Waals surface area contributed by atoms with Crippen molar-refractivity contribution in [2.75, 3.05) is 60.5 Å². The van der Waals surface area contributed by atoms with Crippen LogP contribution < -0.4 is 10.6 Å². The Morgan fingerprint density at radius 2 is 1.79 bits per heavy atom. The summed E-state index contributed by atoms with van der Waals surface area (Å²) in [5.74, 6) is -0.690. The van der Waals surface area contributed by atoms with E-state index in [4.69, 9.17) is 4.74 Å². The molecule has 3 amide bonds. The minimum atomic E-state index is -0.783. The van der Waals surface area contributed by atoms with Crippen molar-refractivity contribution in [3.05, 3.63) is 70.4 Å². The predicted octanol–water partition coefficient (Wildman–Crippen LogP) is 4.35. The Morgan fingerprint density at radius 1 is 1.02 bits per heavy atom. The van der Waals surface area contributed by atoms with Gasteiger partial charge in [-0.25, -0.2) is 0 Å². The van der Waals surface area contributed by atoms with E-state index in [0.29, 0.717) is 32.0 Å². The Balaban J connectivity index is 0.000000912. The summed E-state index contributed by atoms with van der Waals surface area (Å²) >= 11 is 1.57. The zero-order valence-electron chi connectivity index (χ0n) is 28.6. The normalized spacial score (nSPS) is 17.5. The molecule has 0 bridgehead atoms. The van der Waals surface area contributed by atoms with Gasteiger partial charge in [0, 0.05) is 51.0 Å². The highest BCUT2D eigenvalue weighted by Crippen LogP contribution is 2.22. The van der Waals surface area contributed by atoms with E-state index < -0.39 is 12.1 Å². The van der Waals surface area contributed by atoms with E-state index in [1.807, 2.05) is 54.8 Å². The molecule has 9 nitrogen and oxygen atoms in total. The summed E-state index contributed by atoms with van der Waals surface area (Å²) in [5, 5.41) is 10.5. The summed E-state index contributed by atoms with van der Waals surface area (Å²) in [7, 11) is 5.29. The fourth-order valence-electron chi connectivity index (χ4n) is 6.56. The molecule has 47 heavy (non-hydrogen) atoms. The fraction of sp³-hybridized carbons (Fsp3) is 0.541. The Labute approximate surface area is 284 Å². The van der Waals surface area contributed by atoms with Crippen LogP contribution in [0.5, 0.6) is 0 Å². The number of benzene rings is 2. The molecule has 2 aromatic carbocycles. The zero-order valence-corrected chi connectivity index (χ0v) is 29.4. The molecule has 3 aromatic rings. The van der Waals surface area contributed by atoms with Crippen molar-refractivity contribution in [3.8, 4) is 0 Å². The number of nitrogens with one attached hydrogen (secondary N) is 2. The molecule has 0 radical (unpaired) electrons. The first-order valence-electron chi connectivity index (χ1n) is 17.1. The van der Waals surface area contributed by atoms with Gasteiger partial charge in [0.1, 0.15) is 18.7 Å². The number of hydrogen-bond acceptors (Lipinski definition) is 7. The van der Waals surface area contributed by atoms with E-state index in [1.54, 1.807) is 28.2 Å². The number of methoxy groups -OCH3 is 1. The maximum absolute atomic E-state index is 14.3. The van der Waals surface area contributed by atoms with Gasteiger partial charge in [0.05, 0.1) is 0 Å². The van der Waals surface area contributed by atoms with Crippen molar-refractivity contribution in [1.29, 1.82) is 0 Å². The number of fused-ring (bicyclic) bond motifs is 1. The van der Waals surface area contributed by atoms with Crippen molar-refractivity contribution in [2.45, 2.75) is 70.0 Å². The summed E-state index contributed by atoms with van der Waals surface area (Å²) in [6.45, 7) is 6.24. The molecular weight excluding hydrogens is 611 g/mol. The second kappa shape index (κ2) is 18.9. The van der Waals surface area contributed by atoms with Gasteiger partial charge < -0.3 is 30.1 Å². The van der Waals surface area contributed by atoms with Gasteiger partial charge >= 0.3 is 0 Å². The Bertz CT molecular complexity index is 1410. The summed E-state index contributed by atoms with van der Waals surface area (Å²) < 4.78 is 5.15. The number of carbonyl (C=O) groups excluding carboxylic acids is 3. The molecule has 3 atom stereocenters. The molecule has 2 N–H and O–H groups in total. The first-order chi connectivity index (χ1) is 22.8. The predicted molar refractivity (Wildman–Crippen MR) is 191 cm³/mol. The van der Waals surface area contributed by atoms with E-state index in [0.717, 1.165) is 40.6 Å². The maximum Gasteiger partial charge on any atom is 0.249 e. The lowest BCUT2D eigenvalue weighted by Crippen LogP contribution is -2.57. The number of carbonyl (C=O) groups is 3. The minimum absolute atomic E-state index is 0.117. The second-order valence-corrected chi connectivity index (χ2v) is 13.6. The quantitative estimate of drug-likeness (QED) is 0.267. The van der Waals surface area contributed by atoms with E-state index in [2.05, 4.69) is 34.7 Å². The van der Waals surface area contributed by atoms with Crippen molar-refractivity contribution in [1.82, 2.24) is 25.3 Å². The average molecular weight is 664 g/mol. The second-order valence-electron chi connectivity index (χ2n) is 12.6. The van der Waals surface area contributed by atoms with Crippen LogP contribution in [0, 0.1) is 0 Å². The summed E-state index contributed by atoms with van der Waals surface area (Å²) in [6.07, 6.45) is 6.73. The van der Waals surface area contributed by atoms with E-state index in [1.165, 1.54) is 39.5 Å². The number of nitrogens with zero attached hydrogens (tertiary/aromatic N) is 3. The van der Waals surface area contributed by atoms with Crippen molar-refractivity contribution >= 4 is 39.8 Å². The van der Waals surface area contributed by atoms with Gasteiger partial charge in [-0.1, -0.05) is 48.5 Å². The summed E-state index contributed by atoms with van der Waals surface area (Å²) in [4.78, 5) is 47.6. The third kappa shape index (κ3) is 10.6. The highest BCUT2D eigenvalue weighted by atomic mass is 32.1. The average Bonchev–Trinajstić information content (AvgIpc) is 3.89. The number of likely N-dealkylation sites (N-methyl/N-ethyl adjacent to an activating group) is 2. The number of rotatable bonds is 14. The monoisotopic (exact) mass is 663 g/mol. The van der Waals surface area contributed by atoms with Gasteiger partial charge in [0.2, 0.25) is 17.7 Å². The molecule has 2 unspecified atom stereocenters. The van der Waals surface area contributed by atoms with Crippen molar-refractivity contribution in [3.63, 3.8) is 0 Å². The van der Waals surface area contributed by atoms with Crippen LogP contribution in [-0.4, -0.2) is 111 Å². The zero-order chi connectivity index (χ0) is 33.6. The van der Waals surface area contributed by atoms with Gasteiger partial charge in [-0.3, -0.25) is 14.4 Å². The van der Waals surface area contributed by atoms with E-state index in [-0.39, 0.29) is 24.3 Å². The first kappa shape index (κ1) is 36.5. The molecule has 0 aliphatic carbocycles. The molecule has 2 saturated heterocycles. The first-order valence-corrected chi connectivity index (χ1v) is 17.9. The third-order valence-corrected chi connectivity index (χ3v) is 10.2.